The summed E-state index contributed by atoms with van der Waals surface area (Å²) < 4.78 is 4.99. The molecule has 2 rings (SSSR count). The monoisotopic (exact) mass is 269 g/mol. The fourth-order valence-corrected chi connectivity index (χ4v) is 1.77. The van der Waals surface area contributed by atoms with E-state index in [1.54, 1.807) is 0 Å². The molecule has 1 fully saturated rings. The molecular weight excluding hydrogens is 258 g/mol. The van der Waals surface area contributed by atoms with Crippen molar-refractivity contribution >= 4 is 17.6 Å². The van der Waals surface area contributed by atoms with Gasteiger partial charge in [-0.2, -0.15) is 0 Å². The Morgan fingerprint density at radius 1 is 1.58 bits per heavy atom. The van der Waals surface area contributed by atoms with Crippen LogP contribution in [0.5, 0.6) is 0 Å². The van der Waals surface area contributed by atoms with E-state index in [1.807, 2.05) is 0 Å². The van der Waals surface area contributed by atoms with Crippen LogP contribution in [0.25, 0.3) is 0 Å². The van der Waals surface area contributed by atoms with E-state index in [4.69, 9.17) is 9.84 Å². The summed E-state index contributed by atoms with van der Waals surface area (Å²) in [6.07, 6.45) is 0.0465. The van der Waals surface area contributed by atoms with Crippen LogP contribution < -0.4 is 0 Å². The molecule has 0 aliphatic carbocycles. The van der Waals surface area contributed by atoms with Crippen LogP contribution in [0.15, 0.2) is 12.3 Å². The quantitative estimate of drug-likeness (QED) is 0.580. The van der Waals surface area contributed by atoms with E-state index in [2.05, 4.69) is 4.98 Å². The normalized spacial score (nSPS) is 19.2. The molecule has 0 aromatic carbocycles. The molecule has 1 saturated heterocycles. The Hall–Kier alpha value is -2.42. The molecule has 0 spiro atoms. The average molecular weight is 269 g/mol. The van der Waals surface area contributed by atoms with Crippen molar-refractivity contribution in [1.29, 1.82) is 0 Å². The highest BCUT2D eigenvalue weighted by atomic mass is 16.6. The molecule has 102 valence electrons. The number of H-pyrrole nitrogens is 1. The number of nitrogens with one attached hydrogen (secondary N) is 1. The van der Waals surface area contributed by atoms with Crippen LogP contribution in [0, 0.1) is 10.1 Å². The minimum atomic E-state index is -1.14. The summed E-state index contributed by atoms with van der Waals surface area (Å²) in [6, 6.07) is 1.12. The number of aromatic amines is 1. The fraction of sp³-hybridized carbons (Fsp3) is 0.400. The third kappa shape index (κ3) is 2.71. The van der Waals surface area contributed by atoms with Gasteiger partial charge in [0.1, 0.15) is 5.69 Å². The third-order valence-corrected chi connectivity index (χ3v) is 2.74. The highest BCUT2D eigenvalue weighted by Crippen LogP contribution is 2.15. The van der Waals surface area contributed by atoms with Gasteiger partial charge in [0, 0.05) is 12.6 Å². The highest BCUT2D eigenvalue weighted by molar-refractivity contribution is 5.93. The fourth-order valence-electron chi connectivity index (χ4n) is 1.77. The van der Waals surface area contributed by atoms with Gasteiger partial charge in [-0.15, -0.1) is 0 Å². The predicted molar refractivity (Wildman–Crippen MR) is 60.7 cm³/mol. The van der Waals surface area contributed by atoms with Gasteiger partial charge in [0.15, 0.2) is 6.10 Å². The second kappa shape index (κ2) is 5.06. The largest absolute Gasteiger partial charge is 0.479 e. The molecule has 0 bridgehead atoms. The Morgan fingerprint density at radius 2 is 2.32 bits per heavy atom. The van der Waals surface area contributed by atoms with Gasteiger partial charge in [-0.25, -0.2) is 4.79 Å². The minimum Gasteiger partial charge on any atom is -0.479 e. The van der Waals surface area contributed by atoms with E-state index in [-0.39, 0.29) is 31.1 Å². The number of carbonyl (C=O) groups excluding carboxylic acids is 1. The molecule has 19 heavy (non-hydrogen) atoms. The van der Waals surface area contributed by atoms with Gasteiger partial charge in [0.05, 0.1) is 24.3 Å². The Kier molecular flexibility index (Phi) is 3.47. The maximum atomic E-state index is 12.0. The molecule has 1 atom stereocenters. The molecule has 0 radical (unpaired) electrons. The minimum absolute atomic E-state index is 0.0535. The van der Waals surface area contributed by atoms with Crippen molar-refractivity contribution in [3.63, 3.8) is 0 Å². The van der Waals surface area contributed by atoms with Crippen LogP contribution in [0.2, 0.25) is 0 Å². The number of nitro groups is 1. The number of carboxylic acids is 1. The molecule has 1 aliphatic heterocycles. The molecule has 1 aliphatic rings. The first-order chi connectivity index (χ1) is 8.99. The number of carbonyl (C=O) groups is 2. The summed E-state index contributed by atoms with van der Waals surface area (Å²) >= 11 is 0. The van der Waals surface area contributed by atoms with Crippen molar-refractivity contribution in [3.05, 3.63) is 28.1 Å². The van der Waals surface area contributed by atoms with Crippen molar-refractivity contribution in [2.45, 2.75) is 6.10 Å². The van der Waals surface area contributed by atoms with Gasteiger partial charge in [-0.3, -0.25) is 14.9 Å². The lowest BCUT2D eigenvalue weighted by molar-refractivity contribution is -0.384. The lowest BCUT2D eigenvalue weighted by Gasteiger charge is -2.30. The maximum Gasteiger partial charge on any atom is 0.334 e. The Labute approximate surface area is 106 Å². The molecule has 2 heterocycles. The van der Waals surface area contributed by atoms with Gasteiger partial charge in [0.2, 0.25) is 0 Å². The molecule has 1 aromatic rings. The first-order valence-electron chi connectivity index (χ1n) is 5.45. The number of nitrogens with zero attached hydrogens (tertiary/aromatic N) is 2. The van der Waals surface area contributed by atoms with E-state index in [0.717, 1.165) is 12.3 Å². The average Bonchev–Trinajstić information content (AvgIpc) is 2.87. The van der Waals surface area contributed by atoms with E-state index in [0.29, 0.717) is 0 Å². The zero-order chi connectivity index (χ0) is 14.0. The van der Waals surface area contributed by atoms with E-state index in [9.17, 15) is 19.7 Å². The highest BCUT2D eigenvalue weighted by Gasteiger charge is 2.30. The number of morpholine rings is 1. The number of hydrogen-bond donors (Lipinski definition) is 2. The number of amides is 1. The molecule has 1 amide bonds. The third-order valence-electron chi connectivity index (χ3n) is 2.74. The van der Waals surface area contributed by atoms with E-state index in [1.165, 1.54) is 4.90 Å². The van der Waals surface area contributed by atoms with Crippen molar-refractivity contribution in [2.24, 2.45) is 0 Å². The van der Waals surface area contributed by atoms with Crippen molar-refractivity contribution < 1.29 is 24.4 Å². The lowest BCUT2D eigenvalue weighted by Crippen LogP contribution is -2.48. The van der Waals surface area contributed by atoms with E-state index >= 15 is 0 Å². The van der Waals surface area contributed by atoms with Crippen LogP contribution in [-0.4, -0.2) is 57.6 Å². The second-order valence-electron chi connectivity index (χ2n) is 3.98. The first kappa shape index (κ1) is 13.0. The topological polar surface area (TPSA) is 126 Å². The second-order valence-corrected chi connectivity index (χ2v) is 3.98. The number of carboxylic acid groups (broad SMARTS) is 1. The summed E-state index contributed by atoms with van der Waals surface area (Å²) in [6.45, 7) is 0.280. The smallest absolute Gasteiger partial charge is 0.334 e. The predicted octanol–water partition coefficient (Wildman–Crippen LogP) is -0.152. The Balaban J connectivity index is 2.10. The van der Waals surface area contributed by atoms with Gasteiger partial charge in [-0.05, 0) is 0 Å². The van der Waals surface area contributed by atoms with E-state index < -0.39 is 22.9 Å². The number of rotatable bonds is 3. The Morgan fingerprint density at radius 3 is 2.89 bits per heavy atom. The molecule has 0 saturated carbocycles. The summed E-state index contributed by atoms with van der Waals surface area (Å²) in [5.41, 5.74) is -0.163. The molecular formula is C10H11N3O6. The van der Waals surface area contributed by atoms with Crippen LogP contribution in [0.4, 0.5) is 5.69 Å². The lowest BCUT2D eigenvalue weighted by atomic mass is 10.2. The first-order valence-corrected chi connectivity index (χ1v) is 5.45. The van der Waals surface area contributed by atoms with Gasteiger partial charge in [0.25, 0.3) is 11.6 Å². The number of aliphatic carboxylic acids is 1. The van der Waals surface area contributed by atoms with Crippen LogP contribution in [0.1, 0.15) is 10.5 Å². The van der Waals surface area contributed by atoms with Crippen molar-refractivity contribution in [2.75, 3.05) is 19.7 Å². The molecule has 9 nitrogen and oxygen atoms in total. The van der Waals surface area contributed by atoms with Gasteiger partial charge in [-0.1, -0.05) is 0 Å². The van der Waals surface area contributed by atoms with Gasteiger partial charge < -0.3 is 19.7 Å². The summed E-state index contributed by atoms with van der Waals surface area (Å²) in [5.74, 6) is -1.63. The zero-order valence-corrected chi connectivity index (χ0v) is 9.74. The van der Waals surface area contributed by atoms with Gasteiger partial charge >= 0.3 is 5.97 Å². The maximum absolute atomic E-state index is 12.0. The summed E-state index contributed by atoms with van der Waals surface area (Å²) in [4.78, 5) is 36.5. The number of aromatic nitrogens is 1. The van der Waals surface area contributed by atoms with Crippen LogP contribution in [-0.2, 0) is 9.53 Å². The molecule has 9 heteroatoms. The SMILES string of the molecule is O=C(O)C1CN(C(=O)c2cc([N+](=O)[O-])c[nH]2)CCO1. The summed E-state index contributed by atoms with van der Waals surface area (Å²) in [5, 5.41) is 19.3. The van der Waals surface area contributed by atoms with Crippen LogP contribution >= 0.6 is 0 Å². The summed E-state index contributed by atoms with van der Waals surface area (Å²) in [7, 11) is 0. The number of hydrogen-bond acceptors (Lipinski definition) is 5. The Bertz CT molecular complexity index is 525. The zero-order valence-electron chi connectivity index (χ0n) is 9.74. The van der Waals surface area contributed by atoms with Crippen molar-refractivity contribution in [3.8, 4) is 0 Å². The molecule has 2 N–H and O–H groups in total. The number of ether oxygens (including phenoxy) is 1. The van der Waals surface area contributed by atoms with Crippen molar-refractivity contribution in [1.82, 2.24) is 9.88 Å². The van der Waals surface area contributed by atoms with Crippen LogP contribution in [0.3, 0.4) is 0 Å². The molecule has 1 unspecified atom stereocenters. The molecule has 1 aromatic heterocycles. The standard InChI is InChI=1S/C10H11N3O6/c14-9(7-3-6(4-11-7)13(17)18)12-1-2-19-8(5-12)10(15)16/h3-4,8,11H,1-2,5H2,(H,15,16).